The Balaban J connectivity index is 2.16. The molecule has 1 N–H and O–H groups in total. The molecule has 0 spiro atoms. The van der Waals surface area contributed by atoms with E-state index in [1.807, 2.05) is 0 Å². The molecule has 0 saturated carbocycles. The van der Waals surface area contributed by atoms with Crippen LogP contribution in [0.5, 0.6) is 0 Å². The largest absolute Gasteiger partial charge is 0.381 e. The molecule has 3 heteroatoms. The minimum Gasteiger partial charge on any atom is -0.381 e. The van der Waals surface area contributed by atoms with E-state index in [9.17, 15) is 0 Å². The van der Waals surface area contributed by atoms with Gasteiger partial charge in [-0.05, 0) is 38.4 Å². The molecule has 0 amide bonds. The Morgan fingerprint density at radius 2 is 2.12 bits per heavy atom. The van der Waals surface area contributed by atoms with Crippen molar-refractivity contribution in [1.29, 1.82) is 0 Å². The Hall–Kier alpha value is -0.380. The summed E-state index contributed by atoms with van der Waals surface area (Å²) in [5.74, 6) is 0. The van der Waals surface area contributed by atoms with Gasteiger partial charge in [-0.1, -0.05) is 13.5 Å². The molecule has 1 heterocycles. The average Bonchev–Trinajstić information content (AvgIpc) is 2.30. The molecule has 1 fully saturated rings. The van der Waals surface area contributed by atoms with Crippen molar-refractivity contribution in [2.75, 3.05) is 39.9 Å². The molecule has 0 aliphatic carbocycles. The van der Waals surface area contributed by atoms with Crippen molar-refractivity contribution < 1.29 is 4.74 Å². The van der Waals surface area contributed by atoms with E-state index in [0.717, 1.165) is 45.7 Å². The van der Waals surface area contributed by atoms with Crippen LogP contribution in [0, 0.1) is 0 Å². The first-order valence-corrected chi connectivity index (χ1v) is 6.39. The maximum absolute atomic E-state index is 5.37. The zero-order chi connectivity index (χ0) is 11.8. The first kappa shape index (κ1) is 13.7. The van der Waals surface area contributed by atoms with Crippen molar-refractivity contribution in [3.8, 4) is 0 Å². The lowest BCUT2D eigenvalue weighted by Crippen LogP contribution is -2.38. The lowest BCUT2D eigenvalue weighted by molar-refractivity contribution is 0.0457. The van der Waals surface area contributed by atoms with Crippen LogP contribution in [0.4, 0.5) is 0 Å². The molecule has 0 aromatic carbocycles. The topological polar surface area (TPSA) is 24.5 Å². The van der Waals surface area contributed by atoms with Gasteiger partial charge < -0.3 is 10.1 Å². The first-order valence-electron chi connectivity index (χ1n) is 6.39. The Labute approximate surface area is 99.8 Å². The zero-order valence-corrected chi connectivity index (χ0v) is 10.8. The summed E-state index contributed by atoms with van der Waals surface area (Å²) in [6.45, 7) is 11.2. The van der Waals surface area contributed by atoms with Crippen LogP contribution in [0.15, 0.2) is 12.2 Å². The quantitative estimate of drug-likeness (QED) is 0.528. The summed E-state index contributed by atoms with van der Waals surface area (Å²) < 4.78 is 5.37. The highest BCUT2D eigenvalue weighted by atomic mass is 16.5. The summed E-state index contributed by atoms with van der Waals surface area (Å²) in [5, 5.41) is 3.39. The second-order valence-corrected chi connectivity index (χ2v) is 4.69. The van der Waals surface area contributed by atoms with Gasteiger partial charge >= 0.3 is 0 Å². The van der Waals surface area contributed by atoms with E-state index in [0.29, 0.717) is 6.04 Å². The summed E-state index contributed by atoms with van der Waals surface area (Å²) in [5.41, 5.74) is 1.28. The number of rotatable bonds is 7. The molecule has 0 aromatic rings. The van der Waals surface area contributed by atoms with Gasteiger partial charge in [-0.3, -0.25) is 4.90 Å². The number of nitrogens with zero attached hydrogens (tertiary/aromatic N) is 1. The van der Waals surface area contributed by atoms with E-state index in [-0.39, 0.29) is 0 Å². The van der Waals surface area contributed by atoms with Gasteiger partial charge in [0.05, 0.1) is 0 Å². The van der Waals surface area contributed by atoms with Crippen molar-refractivity contribution in [3.63, 3.8) is 0 Å². The lowest BCUT2D eigenvalue weighted by atomic mass is 10.1. The number of nitrogens with one attached hydrogen (secondary N) is 1. The monoisotopic (exact) mass is 226 g/mol. The third-order valence-corrected chi connectivity index (χ3v) is 3.09. The highest BCUT2D eigenvalue weighted by Gasteiger charge is 2.18. The van der Waals surface area contributed by atoms with Crippen LogP contribution < -0.4 is 5.32 Å². The van der Waals surface area contributed by atoms with Crippen molar-refractivity contribution >= 4 is 0 Å². The van der Waals surface area contributed by atoms with Gasteiger partial charge in [0.1, 0.15) is 0 Å². The number of likely N-dealkylation sites (N-methyl/N-ethyl adjacent to an activating group) is 1. The first-order chi connectivity index (χ1) is 7.74. The molecular weight excluding hydrogens is 200 g/mol. The van der Waals surface area contributed by atoms with Gasteiger partial charge in [0.25, 0.3) is 0 Å². The van der Waals surface area contributed by atoms with Gasteiger partial charge in [-0.2, -0.15) is 0 Å². The van der Waals surface area contributed by atoms with Crippen molar-refractivity contribution in [2.24, 2.45) is 0 Å². The summed E-state index contributed by atoms with van der Waals surface area (Å²) >= 11 is 0. The number of hydrogen-bond donors (Lipinski definition) is 1. The molecule has 0 radical (unpaired) electrons. The minimum absolute atomic E-state index is 0.677. The van der Waals surface area contributed by atoms with Crippen LogP contribution in [-0.4, -0.2) is 50.8 Å². The molecule has 0 aromatic heterocycles. The highest BCUT2D eigenvalue weighted by Crippen LogP contribution is 2.13. The molecular formula is C13H26N2O. The summed E-state index contributed by atoms with van der Waals surface area (Å²) in [6, 6.07) is 0.677. The Bertz CT molecular complexity index is 200. The van der Waals surface area contributed by atoms with E-state index >= 15 is 0 Å². The van der Waals surface area contributed by atoms with Crippen LogP contribution in [0.25, 0.3) is 0 Å². The zero-order valence-electron chi connectivity index (χ0n) is 10.8. The SMILES string of the molecule is C=C(CNCCC)CN(C)C1CCOCC1. The number of hydrogen-bond acceptors (Lipinski definition) is 3. The van der Waals surface area contributed by atoms with Crippen LogP contribution >= 0.6 is 0 Å². The van der Waals surface area contributed by atoms with Crippen LogP contribution in [0.2, 0.25) is 0 Å². The molecule has 94 valence electrons. The van der Waals surface area contributed by atoms with E-state index in [1.54, 1.807) is 0 Å². The molecule has 1 aliphatic heterocycles. The molecule has 1 rings (SSSR count). The Morgan fingerprint density at radius 1 is 1.44 bits per heavy atom. The molecule has 1 aliphatic rings. The fourth-order valence-corrected chi connectivity index (χ4v) is 2.11. The highest BCUT2D eigenvalue weighted by molar-refractivity contribution is 5.00. The van der Waals surface area contributed by atoms with Gasteiger partial charge in [-0.15, -0.1) is 0 Å². The average molecular weight is 226 g/mol. The third kappa shape index (κ3) is 5.10. The van der Waals surface area contributed by atoms with Gasteiger partial charge in [-0.25, -0.2) is 0 Å². The minimum atomic E-state index is 0.677. The second-order valence-electron chi connectivity index (χ2n) is 4.69. The standard InChI is InChI=1S/C13H26N2O/c1-4-7-14-10-12(2)11-15(3)13-5-8-16-9-6-13/h13-14H,2,4-11H2,1,3H3. The second kappa shape index (κ2) is 7.82. The normalized spacial score (nSPS) is 17.9. The van der Waals surface area contributed by atoms with Gasteiger partial charge in [0.2, 0.25) is 0 Å². The summed E-state index contributed by atoms with van der Waals surface area (Å²) in [7, 11) is 2.20. The summed E-state index contributed by atoms with van der Waals surface area (Å²) in [6.07, 6.45) is 3.50. The lowest BCUT2D eigenvalue weighted by Gasteiger charge is -2.31. The molecule has 1 saturated heterocycles. The maximum atomic E-state index is 5.37. The maximum Gasteiger partial charge on any atom is 0.0480 e. The van der Waals surface area contributed by atoms with E-state index in [4.69, 9.17) is 4.74 Å². The molecule has 0 atom stereocenters. The fraction of sp³-hybridized carbons (Fsp3) is 0.846. The predicted molar refractivity (Wildman–Crippen MR) is 68.8 cm³/mol. The molecule has 3 nitrogen and oxygen atoms in total. The summed E-state index contributed by atoms with van der Waals surface area (Å²) in [4.78, 5) is 2.42. The van der Waals surface area contributed by atoms with Gasteiger partial charge in [0, 0.05) is 32.3 Å². The smallest absolute Gasteiger partial charge is 0.0480 e. The van der Waals surface area contributed by atoms with Crippen LogP contribution in [-0.2, 0) is 4.74 Å². The Morgan fingerprint density at radius 3 is 2.75 bits per heavy atom. The van der Waals surface area contributed by atoms with Crippen LogP contribution in [0.1, 0.15) is 26.2 Å². The van der Waals surface area contributed by atoms with Crippen LogP contribution in [0.3, 0.4) is 0 Å². The third-order valence-electron chi connectivity index (χ3n) is 3.09. The van der Waals surface area contributed by atoms with E-state index in [1.165, 1.54) is 12.0 Å². The number of ether oxygens (including phenoxy) is 1. The predicted octanol–water partition coefficient (Wildman–Crippen LogP) is 1.65. The van der Waals surface area contributed by atoms with Gasteiger partial charge in [0.15, 0.2) is 0 Å². The van der Waals surface area contributed by atoms with Crippen molar-refractivity contribution in [2.45, 2.75) is 32.2 Å². The fourth-order valence-electron chi connectivity index (χ4n) is 2.11. The molecule has 0 bridgehead atoms. The van der Waals surface area contributed by atoms with E-state index in [2.05, 4.69) is 30.8 Å². The van der Waals surface area contributed by atoms with Crippen molar-refractivity contribution in [1.82, 2.24) is 10.2 Å². The van der Waals surface area contributed by atoms with Crippen molar-refractivity contribution in [3.05, 3.63) is 12.2 Å². The molecule has 0 unspecified atom stereocenters. The van der Waals surface area contributed by atoms with E-state index < -0.39 is 0 Å². The molecule has 16 heavy (non-hydrogen) atoms. The Kier molecular flexibility index (Phi) is 6.69.